The van der Waals surface area contributed by atoms with Crippen molar-refractivity contribution in [3.63, 3.8) is 0 Å². The largest absolute Gasteiger partial charge is 0.450 e. The van der Waals surface area contributed by atoms with Crippen LogP contribution in [0.3, 0.4) is 0 Å². The van der Waals surface area contributed by atoms with E-state index in [0.717, 1.165) is 0 Å². The molecule has 6 nitrogen and oxygen atoms in total. The normalized spacial score (nSPS) is 15.0. The molecule has 1 aliphatic rings. The van der Waals surface area contributed by atoms with Crippen molar-refractivity contribution in [1.29, 1.82) is 0 Å². The Kier molecular flexibility index (Phi) is 4.08. The minimum Gasteiger partial charge on any atom is -0.450 e. The molecule has 0 unspecified atom stereocenters. The lowest BCUT2D eigenvalue weighted by molar-refractivity contribution is 0.122. The van der Waals surface area contributed by atoms with Crippen LogP contribution in [0.1, 0.15) is 0 Å². The van der Waals surface area contributed by atoms with Crippen LogP contribution in [0.15, 0.2) is 35.3 Å². The van der Waals surface area contributed by atoms with Crippen molar-refractivity contribution >= 4 is 17.5 Å². The molecule has 1 saturated heterocycles. The van der Waals surface area contributed by atoms with Crippen LogP contribution >= 0.6 is 11.6 Å². The molecule has 1 fully saturated rings. The van der Waals surface area contributed by atoms with Gasteiger partial charge in [-0.2, -0.15) is 0 Å². The zero-order valence-electron chi connectivity index (χ0n) is 11.2. The SMILES string of the molecule is O=c1[nH]c(N2CCOCC2)ncc1Oc1ccc(Cl)cc1. The summed E-state index contributed by atoms with van der Waals surface area (Å²) in [6.45, 7) is 2.68. The van der Waals surface area contributed by atoms with E-state index < -0.39 is 0 Å². The van der Waals surface area contributed by atoms with Gasteiger partial charge in [-0.15, -0.1) is 0 Å². The van der Waals surface area contributed by atoms with Gasteiger partial charge in [0.05, 0.1) is 19.4 Å². The Labute approximate surface area is 126 Å². The first-order chi connectivity index (χ1) is 10.2. The molecule has 1 aromatic carbocycles. The van der Waals surface area contributed by atoms with Gasteiger partial charge in [0.2, 0.25) is 11.7 Å². The van der Waals surface area contributed by atoms with Crippen molar-refractivity contribution in [2.45, 2.75) is 0 Å². The van der Waals surface area contributed by atoms with Gasteiger partial charge in [-0.25, -0.2) is 4.98 Å². The molecule has 0 saturated carbocycles. The van der Waals surface area contributed by atoms with Gasteiger partial charge in [0.25, 0.3) is 5.56 Å². The fourth-order valence-corrected chi connectivity index (χ4v) is 2.14. The molecule has 0 amide bonds. The van der Waals surface area contributed by atoms with Crippen LogP contribution in [0.5, 0.6) is 11.5 Å². The summed E-state index contributed by atoms with van der Waals surface area (Å²) in [4.78, 5) is 21.0. The monoisotopic (exact) mass is 307 g/mol. The first kappa shape index (κ1) is 13.9. The minimum atomic E-state index is -0.318. The topological polar surface area (TPSA) is 67.5 Å². The van der Waals surface area contributed by atoms with Crippen LogP contribution in [-0.2, 0) is 4.74 Å². The highest BCUT2D eigenvalue weighted by atomic mass is 35.5. The van der Waals surface area contributed by atoms with Crippen molar-refractivity contribution in [3.05, 3.63) is 45.8 Å². The summed E-state index contributed by atoms with van der Waals surface area (Å²) >= 11 is 5.80. The molecule has 1 aliphatic heterocycles. The van der Waals surface area contributed by atoms with Gasteiger partial charge >= 0.3 is 0 Å². The van der Waals surface area contributed by atoms with E-state index in [-0.39, 0.29) is 11.3 Å². The smallest absolute Gasteiger partial charge is 0.295 e. The summed E-state index contributed by atoms with van der Waals surface area (Å²) in [5, 5.41) is 0.608. The number of morpholine rings is 1. The van der Waals surface area contributed by atoms with Gasteiger partial charge < -0.3 is 14.4 Å². The Bertz CT molecular complexity index is 666. The quantitative estimate of drug-likeness (QED) is 0.940. The first-order valence-electron chi connectivity index (χ1n) is 6.58. The van der Waals surface area contributed by atoms with Crippen molar-refractivity contribution in [1.82, 2.24) is 9.97 Å². The molecule has 0 radical (unpaired) electrons. The molecule has 3 rings (SSSR count). The van der Waals surface area contributed by atoms with E-state index in [4.69, 9.17) is 21.1 Å². The van der Waals surface area contributed by atoms with Gasteiger partial charge in [0.15, 0.2) is 0 Å². The number of hydrogen-bond acceptors (Lipinski definition) is 5. The lowest BCUT2D eigenvalue weighted by Gasteiger charge is -2.26. The number of hydrogen-bond donors (Lipinski definition) is 1. The van der Waals surface area contributed by atoms with E-state index in [9.17, 15) is 4.79 Å². The molecule has 2 heterocycles. The zero-order chi connectivity index (χ0) is 14.7. The third kappa shape index (κ3) is 3.34. The molecule has 0 spiro atoms. The second-order valence-electron chi connectivity index (χ2n) is 4.56. The Morgan fingerprint density at radius 3 is 2.62 bits per heavy atom. The standard InChI is InChI=1S/C14H14ClN3O3/c15-10-1-3-11(4-2-10)21-12-9-16-14(17-13(12)19)18-5-7-20-8-6-18/h1-4,9H,5-8H2,(H,16,17,19). The van der Waals surface area contributed by atoms with Crippen molar-refractivity contribution < 1.29 is 9.47 Å². The van der Waals surface area contributed by atoms with Gasteiger partial charge in [0.1, 0.15) is 5.75 Å². The predicted octanol–water partition coefficient (Wildman–Crippen LogP) is 2.05. The second-order valence-corrected chi connectivity index (χ2v) is 4.99. The Hall–Kier alpha value is -2.05. The summed E-state index contributed by atoms with van der Waals surface area (Å²) in [7, 11) is 0. The molecule has 1 N–H and O–H groups in total. The maximum atomic E-state index is 12.0. The third-order valence-corrected chi connectivity index (χ3v) is 3.36. The lowest BCUT2D eigenvalue weighted by atomic mass is 10.3. The zero-order valence-corrected chi connectivity index (χ0v) is 12.0. The van der Waals surface area contributed by atoms with E-state index in [1.54, 1.807) is 24.3 Å². The summed E-state index contributed by atoms with van der Waals surface area (Å²) in [5.74, 6) is 1.21. The maximum Gasteiger partial charge on any atom is 0.295 e. The number of benzene rings is 1. The molecular formula is C14H14ClN3O3. The fourth-order valence-electron chi connectivity index (χ4n) is 2.01. The van der Waals surface area contributed by atoms with Crippen LogP contribution in [0.25, 0.3) is 0 Å². The molecule has 2 aromatic rings. The van der Waals surface area contributed by atoms with Crippen LogP contribution in [-0.4, -0.2) is 36.3 Å². The number of aromatic amines is 1. The average molecular weight is 308 g/mol. The summed E-state index contributed by atoms with van der Waals surface area (Å²) in [5.41, 5.74) is -0.318. The van der Waals surface area contributed by atoms with Crippen molar-refractivity contribution in [2.75, 3.05) is 31.2 Å². The Balaban J connectivity index is 1.77. The molecule has 7 heteroatoms. The molecule has 0 bridgehead atoms. The highest BCUT2D eigenvalue weighted by Crippen LogP contribution is 2.20. The lowest BCUT2D eigenvalue weighted by Crippen LogP contribution is -2.38. The van der Waals surface area contributed by atoms with Crippen LogP contribution in [0.4, 0.5) is 5.95 Å². The van der Waals surface area contributed by atoms with E-state index in [2.05, 4.69) is 9.97 Å². The van der Waals surface area contributed by atoms with Gasteiger partial charge in [0, 0.05) is 18.1 Å². The molecule has 21 heavy (non-hydrogen) atoms. The predicted molar refractivity (Wildman–Crippen MR) is 79.4 cm³/mol. The maximum absolute atomic E-state index is 12.0. The molecule has 110 valence electrons. The molecule has 1 aromatic heterocycles. The highest BCUT2D eigenvalue weighted by molar-refractivity contribution is 6.30. The number of nitrogens with zero attached hydrogens (tertiary/aromatic N) is 2. The van der Waals surface area contributed by atoms with Gasteiger partial charge in [-0.05, 0) is 24.3 Å². The van der Waals surface area contributed by atoms with Crippen molar-refractivity contribution in [2.24, 2.45) is 0 Å². The molecular weight excluding hydrogens is 294 g/mol. The second kappa shape index (κ2) is 6.15. The summed E-state index contributed by atoms with van der Waals surface area (Å²) < 4.78 is 10.8. The number of rotatable bonds is 3. The average Bonchev–Trinajstić information content (AvgIpc) is 2.52. The number of anilines is 1. The van der Waals surface area contributed by atoms with E-state index in [1.807, 2.05) is 4.90 Å². The third-order valence-electron chi connectivity index (χ3n) is 3.11. The minimum absolute atomic E-state index is 0.148. The van der Waals surface area contributed by atoms with E-state index in [1.165, 1.54) is 6.20 Å². The summed E-state index contributed by atoms with van der Waals surface area (Å²) in [6.07, 6.45) is 1.43. The fraction of sp³-hybridized carbons (Fsp3) is 0.286. The Morgan fingerprint density at radius 1 is 1.24 bits per heavy atom. The van der Waals surface area contributed by atoms with Crippen molar-refractivity contribution in [3.8, 4) is 11.5 Å². The van der Waals surface area contributed by atoms with Crippen LogP contribution in [0.2, 0.25) is 5.02 Å². The molecule has 0 atom stereocenters. The number of aromatic nitrogens is 2. The molecule has 0 aliphatic carbocycles. The van der Waals surface area contributed by atoms with Crippen LogP contribution in [0, 0.1) is 0 Å². The number of H-pyrrole nitrogens is 1. The summed E-state index contributed by atoms with van der Waals surface area (Å²) in [6, 6.07) is 6.77. The van der Waals surface area contributed by atoms with E-state index in [0.29, 0.717) is 43.0 Å². The Morgan fingerprint density at radius 2 is 1.95 bits per heavy atom. The first-order valence-corrected chi connectivity index (χ1v) is 6.95. The van der Waals surface area contributed by atoms with Gasteiger partial charge in [-0.1, -0.05) is 11.6 Å². The van der Waals surface area contributed by atoms with Crippen LogP contribution < -0.4 is 15.2 Å². The van der Waals surface area contributed by atoms with E-state index >= 15 is 0 Å². The number of ether oxygens (including phenoxy) is 2. The van der Waals surface area contributed by atoms with Gasteiger partial charge in [-0.3, -0.25) is 9.78 Å². The number of halogens is 1. The highest BCUT2D eigenvalue weighted by Gasteiger charge is 2.14. The number of nitrogens with one attached hydrogen (secondary N) is 1.